The van der Waals surface area contributed by atoms with Crippen LogP contribution in [0.3, 0.4) is 0 Å². The van der Waals surface area contributed by atoms with E-state index in [0.717, 1.165) is 28.2 Å². The molecule has 0 radical (unpaired) electrons. The number of rotatable bonds is 5. The first-order chi connectivity index (χ1) is 12.7. The summed E-state index contributed by atoms with van der Waals surface area (Å²) < 4.78 is 1.06. The van der Waals surface area contributed by atoms with E-state index in [1.165, 1.54) is 5.56 Å². The number of aliphatic imine (C=N–C) groups is 1. The van der Waals surface area contributed by atoms with E-state index >= 15 is 0 Å². The molecular formula is C20H24BrIN4O. The van der Waals surface area contributed by atoms with Crippen LogP contribution in [-0.4, -0.2) is 25.0 Å². The lowest BCUT2D eigenvalue weighted by molar-refractivity contribution is -0.116. The molecule has 7 heteroatoms. The molecule has 27 heavy (non-hydrogen) atoms. The van der Waals surface area contributed by atoms with E-state index < -0.39 is 0 Å². The van der Waals surface area contributed by atoms with E-state index in [2.05, 4.69) is 55.1 Å². The summed E-state index contributed by atoms with van der Waals surface area (Å²) in [6.07, 6.45) is 0.482. The average molecular weight is 543 g/mol. The summed E-state index contributed by atoms with van der Waals surface area (Å²) in [5.74, 6) is 0.961. The lowest BCUT2D eigenvalue weighted by Gasteiger charge is -2.26. The zero-order valence-corrected chi connectivity index (χ0v) is 19.1. The molecule has 1 amide bonds. The second-order valence-corrected chi connectivity index (χ2v) is 7.15. The lowest BCUT2D eigenvalue weighted by Crippen LogP contribution is -2.40. The standard InChI is InChI=1S/C20H23BrN4O.HI/c1-2-22-20(23-12-14-7-9-16(21)10-8-14)24-13-15-11-19(26)25-18-6-4-3-5-17(15)18;/h3-10,15H,2,11-13H2,1H3,(H,25,26)(H2,22,23,24);1H. The number of nitrogens with one attached hydrogen (secondary N) is 3. The van der Waals surface area contributed by atoms with Gasteiger partial charge >= 0.3 is 0 Å². The number of anilines is 1. The number of hydrogen-bond donors (Lipinski definition) is 3. The van der Waals surface area contributed by atoms with Gasteiger partial charge in [0.15, 0.2) is 5.96 Å². The van der Waals surface area contributed by atoms with Gasteiger partial charge in [0, 0.05) is 35.6 Å². The Kier molecular flexibility index (Phi) is 8.56. The van der Waals surface area contributed by atoms with Gasteiger partial charge in [0.1, 0.15) is 0 Å². The van der Waals surface area contributed by atoms with Crippen LogP contribution < -0.4 is 16.0 Å². The largest absolute Gasteiger partial charge is 0.357 e. The topological polar surface area (TPSA) is 65.5 Å². The van der Waals surface area contributed by atoms with Gasteiger partial charge in [-0.05, 0) is 36.2 Å². The zero-order valence-electron chi connectivity index (χ0n) is 15.2. The Morgan fingerprint density at radius 1 is 1.19 bits per heavy atom. The van der Waals surface area contributed by atoms with Crippen molar-refractivity contribution in [2.45, 2.75) is 25.8 Å². The molecule has 0 bridgehead atoms. The minimum Gasteiger partial charge on any atom is -0.357 e. The quantitative estimate of drug-likeness (QED) is 0.301. The predicted octanol–water partition coefficient (Wildman–Crippen LogP) is 4.25. The molecule has 2 aromatic carbocycles. The van der Waals surface area contributed by atoms with E-state index in [0.29, 0.717) is 19.5 Å². The number of para-hydroxylation sites is 1. The number of halogens is 2. The molecule has 5 nitrogen and oxygen atoms in total. The molecule has 144 valence electrons. The number of benzene rings is 2. The van der Waals surface area contributed by atoms with Gasteiger partial charge in [0.2, 0.25) is 5.91 Å². The maximum absolute atomic E-state index is 12.0. The highest BCUT2D eigenvalue weighted by Gasteiger charge is 2.24. The first-order valence-corrected chi connectivity index (χ1v) is 9.60. The van der Waals surface area contributed by atoms with Crippen molar-refractivity contribution in [2.75, 3.05) is 18.4 Å². The molecule has 1 aliphatic rings. The van der Waals surface area contributed by atoms with Crippen LogP contribution in [0.2, 0.25) is 0 Å². The molecule has 1 unspecified atom stereocenters. The summed E-state index contributed by atoms with van der Waals surface area (Å²) in [6.45, 7) is 4.09. The van der Waals surface area contributed by atoms with Crippen LogP contribution in [0.25, 0.3) is 0 Å². The highest BCUT2D eigenvalue weighted by molar-refractivity contribution is 14.0. The Morgan fingerprint density at radius 2 is 1.93 bits per heavy atom. The summed E-state index contributed by atoms with van der Waals surface area (Å²) in [4.78, 5) is 16.6. The van der Waals surface area contributed by atoms with Crippen molar-refractivity contribution in [3.8, 4) is 0 Å². The Morgan fingerprint density at radius 3 is 2.67 bits per heavy atom. The fourth-order valence-corrected chi connectivity index (χ4v) is 3.27. The van der Waals surface area contributed by atoms with Crippen molar-refractivity contribution in [3.05, 3.63) is 64.1 Å². The minimum atomic E-state index is 0. The highest BCUT2D eigenvalue weighted by Crippen LogP contribution is 2.31. The first kappa shape index (κ1) is 21.7. The van der Waals surface area contributed by atoms with E-state index in [1.807, 2.05) is 37.3 Å². The molecule has 0 fully saturated rings. The maximum atomic E-state index is 12.0. The summed E-state index contributed by atoms with van der Waals surface area (Å²) in [5.41, 5.74) is 3.23. The third-order valence-corrected chi connectivity index (χ3v) is 4.83. The van der Waals surface area contributed by atoms with Crippen molar-refractivity contribution in [1.82, 2.24) is 10.6 Å². The molecule has 1 aliphatic heterocycles. The Labute approximate surface area is 185 Å². The van der Waals surface area contributed by atoms with E-state index in [4.69, 9.17) is 0 Å². The summed E-state index contributed by atoms with van der Waals surface area (Å²) in [6, 6.07) is 16.1. The van der Waals surface area contributed by atoms with Gasteiger partial charge in [-0.3, -0.25) is 4.79 Å². The van der Waals surface area contributed by atoms with Gasteiger partial charge < -0.3 is 16.0 Å². The van der Waals surface area contributed by atoms with Crippen LogP contribution in [0.4, 0.5) is 5.69 Å². The van der Waals surface area contributed by atoms with Crippen LogP contribution in [0.5, 0.6) is 0 Å². The Bertz CT molecular complexity index is 795. The Hall–Kier alpha value is -1.61. The number of carbonyl (C=O) groups is 1. The van der Waals surface area contributed by atoms with Gasteiger partial charge in [-0.1, -0.05) is 46.3 Å². The molecule has 0 saturated carbocycles. The summed E-state index contributed by atoms with van der Waals surface area (Å²) in [5, 5.41) is 9.59. The molecule has 0 aliphatic carbocycles. The van der Waals surface area contributed by atoms with Gasteiger partial charge in [-0.2, -0.15) is 0 Å². The van der Waals surface area contributed by atoms with Gasteiger partial charge in [-0.25, -0.2) is 4.99 Å². The number of amides is 1. The summed E-state index contributed by atoms with van der Waals surface area (Å²) in [7, 11) is 0. The predicted molar refractivity (Wildman–Crippen MR) is 125 cm³/mol. The number of nitrogens with zero attached hydrogens (tertiary/aromatic N) is 1. The fourth-order valence-electron chi connectivity index (χ4n) is 3.01. The SMILES string of the molecule is CCNC(=NCc1ccc(Br)cc1)NCC1CC(=O)Nc2ccccc21.I. The molecule has 3 N–H and O–H groups in total. The highest BCUT2D eigenvalue weighted by atomic mass is 127. The van der Waals surface area contributed by atoms with Gasteiger partial charge in [0.05, 0.1) is 6.54 Å². The number of hydrogen-bond acceptors (Lipinski definition) is 2. The number of guanidine groups is 1. The molecule has 0 spiro atoms. The van der Waals surface area contributed by atoms with Gasteiger partial charge in [0.25, 0.3) is 0 Å². The van der Waals surface area contributed by atoms with Crippen LogP contribution >= 0.6 is 39.9 Å². The smallest absolute Gasteiger partial charge is 0.225 e. The minimum absolute atomic E-state index is 0. The van der Waals surface area contributed by atoms with E-state index in [-0.39, 0.29) is 35.8 Å². The van der Waals surface area contributed by atoms with Crippen molar-refractivity contribution in [2.24, 2.45) is 4.99 Å². The van der Waals surface area contributed by atoms with E-state index in [9.17, 15) is 4.79 Å². The van der Waals surface area contributed by atoms with Crippen LogP contribution in [0.15, 0.2) is 58.0 Å². The third-order valence-electron chi connectivity index (χ3n) is 4.30. The van der Waals surface area contributed by atoms with Gasteiger partial charge in [-0.15, -0.1) is 24.0 Å². The molecule has 0 saturated heterocycles. The molecule has 0 aromatic heterocycles. The van der Waals surface area contributed by atoms with Crippen LogP contribution in [-0.2, 0) is 11.3 Å². The van der Waals surface area contributed by atoms with Crippen molar-refractivity contribution >= 4 is 57.5 Å². The van der Waals surface area contributed by atoms with Crippen molar-refractivity contribution < 1.29 is 4.79 Å². The maximum Gasteiger partial charge on any atom is 0.225 e. The molecule has 2 aromatic rings. The van der Waals surface area contributed by atoms with Crippen molar-refractivity contribution in [1.29, 1.82) is 0 Å². The van der Waals surface area contributed by atoms with Crippen LogP contribution in [0, 0.1) is 0 Å². The molecule has 3 rings (SSSR count). The first-order valence-electron chi connectivity index (χ1n) is 8.81. The second-order valence-electron chi connectivity index (χ2n) is 6.24. The number of fused-ring (bicyclic) bond motifs is 1. The normalized spacial score (nSPS) is 16.0. The van der Waals surface area contributed by atoms with E-state index in [1.54, 1.807) is 0 Å². The third kappa shape index (κ3) is 6.21. The summed E-state index contributed by atoms with van der Waals surface area (Å²) >= 11 is 3.44. The lowest BCUT2D eigenvalue weighted by atomic mass is 9.90. The fraction of sp³-hybridized carbons (Fsp3) is 0.300. The second kappa shape index (κ2) is 10.7. The average Bonchev–Trinajstić information content (AvgIpc) is 2.65. The Balaban J connectivity index is 0.00000261. The molecular weight excluding hydrogens is 519 g/mol. The zero-order chi connectivity index (χ0) is 18.4. The number of carbonyl (C=O) groups excluding carboxylic acids is 1. The monoisotopic (exact) mass is 542 g/mol. The van der Waals surface area contributed by atoms with Crippen molar-refractivity contribution in [3.63, 3.8) is 0 Å². The van der Waals surface area contributed by atoms with Crippen LogP contribution in [0.1, 0.15) is 30.4 Å². The molecule has 1 heterocycles. The molecule has 1 atom stereocenters.